The maximum atomic E-state index is 13.3. The lowest BCUT2D eigenvalue weighted by molar-refractivity contribution is 0.0975. The van der Waals surface area contributed by atoms with Gasteiger partial charge in [0, 0.05) is 16.9 Å². The lowest BCUT2D eigenvalue weighted by Crippen LogP contribution is -2.43. The Kier molecular flexibility index (Phi) is 4.16. The topological polar surface area (TPSA) is 72.8 Å². The number of halogens is 1. The van der Waals surface area contributed by atoms with Gasteiger partial charge in [0.05, 0.1) is 10.6 Å². The normalized spacial score (nSPS) is 16.0. The molecule has 3 aromatic carbocycles. The van der Waals surface area contributed by atoms with Crippen LogP contribution in [-0.2, 0) is 0 Å². The number of nitrogens with one attached hydrogen (secondary N) is 1. The Morgan fingerprint density at radius 1 is 1.04 bits per heavy atom. The zero-order chi connectivity index (χ0) is 19.1. The first kappa shape index (κ1) is 17.2. The van der Waals surface area contributed by atoms with E-state index in [1.807, 2.05) is 49.4 Å². The number of carbonyl (C=O) groups excluding carboxylic acids is 1. The van der Waals surface area contributed by atoms with Gasteiger partial charge in [0.1, 0.15) is 6.17 Å². The maximum Gasteiger partial charge on any atom is 0.262 e. The van der Waals surface area contributed by atoms with Crippen LogP contribution in [-0.4, -0.2) is 16.1 Å². The molecule has 0 spiro atoms. The molecule has 1 heterocycles. The van der Waals surface area contributed by atoms with E-state index in [-0.39, 0.29) is 22.4 Å². The molecule has 0 unspecified atom stereocenters. The molecule has 136 valence electrons. The maximum absolute atomic E-state index is 13.3. The number of anilines is 2. The van der Waals surface area contributed by atoms with Gasteiger partial charge in [0.2, 0.25) is 0 Å². The van der Waals surface area contributed by atoms with Crippen LogP contribution in [0.3, 0.4) is 0 Å². The summed E-state index contributed by atoms with van der Waals surface area (Å²) in [7, 11) is 0. The molecule has 3 aromatic rings. The number of aryl methyl sites for hydroxylation is 1. The molecular formula is C21H17ClN2O3. The molecule has 6 heteroatoms. The van der Waals surface area contributed by atoms with E-state index >= 15 is 0 Å². The molecule has 0 aromatic heterocycles. The molecule has 1 aliphatic rings. The molecule has 0 fully saturated rings. The van der Waals surface area contributed by atoms with E-state index in [1.165, 1.54) is 12.1 Å². The van der Waals surface area contributed by atoms with Crippen molar-refractivity contribution in [2.75, 3.05) is 10.2 Å². The molecular weight excluding hydrogens is 364 g/mol. The number of hydrogen-bond acceptors (Lipinski definition) is 4. The summed E-state index contributed by atoms with van der Waals surface area (Å²) >= 11 is 6.05. The highest BCUT2D eigenvalue weighted by molar-refractivity contribution is 6.32. The van der Waals surface area contributed by atoms with Crippen molar-refractivity contribution >= 4 is 28.9 Å². The van der Waals surface area contributed by atoms with Crippen LogP contribution < -0.4 is 10.2 Å². The molecule has 0 aliphatic carbocycles. The van der Waals surface area contributed by atoms with Crippen molar-refractivity contribution in [2.24, 2.45) is 0 Å². The number of nitrogens with zero attached hydrogens (tertiary/aromatic N) is 1. The van der Waals surface area contributed by atoms with Crippen LogP contribution in [0.2, 0.25) is 5.02 Å². The summed E-state index contributed by atoms with van der Waals surface area (Å²) in [6.45, 7) is 1.96. The van der Waals surface area contributed by atoms with Crippen LogP contribution in [0.4, 0.5) is 11.4 Å². The third-order valence-corrected chi connectivity index (χ3v) is 4.88. The van der Waals surface area contributed by atoms with Crippen LogP contribution in [0.1, 0.15) is 27.7 Å². The van der Waals surface area contributed by atoms with E-state index in [0.29, 0.717) is 16.8 Å². The average Bonchev–Trinajstić information content (AvgIpc) is 2.65. The monoisotopic (exact) mass is 380 g/mol. The van der Waals surface area contributed by atoms with Crippen LogP contribution in [0.15, 0.2) is 60.7 Å². The standard InChI is InChI=1S/C21H17ClN2O3/c1-12-5-4-6-14(9-12)24-20(13-10-16(22)19(26)18(25)11-13)23-17-8-3-2-7-15(17)21(24)27/h2-11,20,23,25-26H,1H3/t20-/m1/s1. The molecule has 27 heavy (non-hydrogen) atoms. The van der Waals surface area contributed by atoms with E-state index in [4.69, 9.17) is 11.6 Å². The summed E-state index contributed by atoms with van der Waals surface area (Å²) in [6, 6.07) is 17.8. The van der Waals surface area contributed by atoms with Crippen molar-refractivity contribution < 1.29 is 15.0 Å². The van der Waals surface area contributed by atoms with Crippen molar-refractivity contribution in [3.8, 4) is 11.5 Å². The van der Waals surface area contributed by atoms with E-state index < -0.39 is 6.17 Å². The van der Waals surface area contributed by atoms with E-state index in [9.17, 15) is 15.0 Å². The highest BCUT2D eigenvalue weighted by atomic mass is 35.5. The Balaban J connectivity index is 1.90. The number of fused-ring (bicyclic) bond motifs is 1. The number of phenolic OH excluding ortho intramolecular Hbond substituents is 2. The van der Waals surface area contributed by atoms with E-state index in [2.05, 4.69) is 5.32 Å². The lowest BCUT2D eigenvalue weighted by Gasteiger charge is -2.38. The molecule has 0 bridgehead atoms. The number of rotatable bonds is 2. The summed E-state index contributed by atoms with van der Waals surface area (Å²) in [6.07, 6.45) is -0.599. The number of aromatic hydroxyl groups is 2. The Morgan fingerprint density at radius 3 is 2.56 bits per heavy atom. The second-order valence-corrected chi connectivity index (χ2v) is 6.88. The molecule has 4 rings (SSSR count). The van der Waals surface area contributed by atoms with Crippen molar-refractivity contribution in [1.82, 2.24) is 0 Å². The lowest BCUT2D eigenvalue weighted by atomic mass is 10.0. The summed E-state index contributed by atoms with van der Waals surface area (Å²) in [4.78, 5) is 14.9. The van der Waals surface area contributed by atoms with Gasteiger partial charge < -0.3 is 15.5 Å². The number of phenols is 2. The highest BCUT2D eigenvalue weighted by Gasteiger charge is 2.34. The number of para-hydroxylation sites is 1. The van der Waals surface area contributed by atoms with E-state index in [1.54, 1.807) is 11.0 Å². The van der Waals surface area contributed by atoms with Gasteiger partial charge in [0.25, 0.3) is 5.91 Å². The summed E-state index contributed by atoms with van der Waals surface area (Å²) < 4.78 is 0. The second kappa shape index (κ2) is 6.52. The van der Waals surface area contributed by atoms with Crippen molar-refractivity contribution in [3.63, 3.8) is 0 Å². The van der Waals surface area contributed by atoms with Crippen molar-refractivity contribution in [2.45, 2.75) is 13.1 Å². The quantitative estimate of drug-likeness (QED) is 0.557. The molecule has 0 saturated heterocycles. The summed E-state index contributed by atoms with van der Waals surface area (Å²) in [5.74, 6) is -0.886. The molecule has 0 saturated carbocycles. The number of amides is 1. The fraction of sp³-hybridized carbons (Fsp3) is 0.0952. The minimum absolute atomic E-state index is 0.0160. The fourth-order valence-electron chi connectivity index (χ4n) is 3.29. The van der Waals surface area contributed by atoms with Crippen molar-refractivity contribution in [1.29, 1.82) is 0 Å². The first-order chi connectivity index (χ1) is 13.0. The third kappa shape index (κ3) is 2.96. The van der Waals surface area contributed by atoms with Gasteiger partial charge in [-0.05, 0) is 48.9 Å². The predicted octanol–water partition coefficient (Wildman–Crippen LogP) is 4.83. The molecule has 1 atom stereocenters. The summed E-state index contributed by atoms with van der Waals surface area (Å²) in [5.41, 5.74) is 3.55. The number of carbonyl (C=O) groups is 1. The largest absolute Gasteiger partial charge is 0.504 e. The Hall–Kier alpha value is -3.18. The predicted molar refractivity (Wildman–Crippen MR) is 106 cm³/mol. The minimum Gasteiger partial charge on any atom is -0.504 e. The van der Waals surface area contributed by atoms with Gasteiger partial charge in [-0.15, -0.1) is 0 Å². The second-order valence-electron chi connectivity index (χ2n) is 6.48. The average molecular weight is 381 g/mol. The Labute approximate surface area is 161 Å². The zero-order valence-electron chi connectivity index (χ0n) is 14.5. The van der Waals surface area contributed by atoms with Crippen LogP contribution in [0.25, 0.3) is 0 Å². The fourth-order valence-corrected chi connectivity index (χ4v) is 3.52. The first-order valence-electron chi connectivity index (χ1n) is 8.43. The Morgan fingerprint density at radius 2 is 1.81 bits per heavy atom. The first-order valence-corrected chi connectivity index (χ1v) is 8.80. The number of hydrogen-bond donors (Lipinski definition) is 3. The zero-order valence-corrected chi connectivity index (χ0v) is 15.2. The van der Waals surface area contributed by atoms with Gasteiger partial charge >= 0.3 is 0 Å². The Bertz CT molecular complexity index is 1030. The molecule has 1 amide bonds. The SMILES string of the molecule is Cc1cccc(N2C(=O)c3ccccc3N[C@H]2c2cc(O)c(O)c(Cl)c2)c1. The molecule has 5 nitrogen and oxygen atoms in total. The molecule has 0 radical (unpaired) electrons. The van der Waals surface area contributed by atoms with Crippen molar-refractivity contribution in [3.05, 3.63) is 82.4 Å². The minimum atomic E-state index is -0.599. The van der Waals surface area contributed by atoms with Gasteiger partial charge in [0.15, 0.2) is 11.5 Å². The molecule has 3 N–H and O–H groups in total. The van der Waals surface area contributed by atoms with Gasteiger partial charge in [-0.2, -0.15) is 0 Å². The van der Waals surface area contributed by atoms with Crippen LogP contribution >= 0.6 is 11.6 Å². The number of benzene rings is 3. The van der Waals surface area contributed by atoms with Crippen LogP contribution in [0, 0.1) is 6.92 Å². The highest BCUT2D eigenvalue weighted by Crippen LogP contribution is 2.41. The van der Waals surface area contributed by atoms with Crippen LogP contribution in [0.5, 0.6) is 11.5 Å². The van der Waals surface area contributed by atoms with E-state index in [0.717, 1.165) is 11.3 Å². The third-order valence-electron chi connectivity index (χ3n) is 4.59. The smallest absolute Gasteiger partial charge is 0.262 e. The molecule has 1 aliphatic heterocycles. The van der Waals surface area contributed by atoms with Gasteiger partial charge in [-0.1, -0.05) is 35.9 Å². The van der Waals surface area contributed by atoms with Gasteiger partial charge in [-0.25, -0.2) is 0 Å². The van der Waals surface area contributed by atoms with Gasteiger partial charge in [-0.3, -0.25) is 9.69 Å². The summed E-state index contributed by atoms with van der Waals surface area (Å²) in [5, 5.41) is 23.1.